The zero-order chi connectivity index (χ0) is 15.1. The highest BCUT2D eigenvalue weighted by molar-refractivity contribution is 5.74. The highest BCUT2D eigenvalue weighted by Crippen LogP contribution is 2.29. The second kappa shape index (κ2) is 8.22. The third-order valence-corrected chi connectivity index (χ3v) is 4.33. The Balaban J connectivity index is 1.55. The normalized spacial score (nSPS) is 25.3. The molecule has 2 amide bonds. The monoisotopic (exact) mass is 298 g/mol. The number of carboxylic acids is 1. The fraction of sp³-hybridized carbons (Fsp3) is 0.867. The predicted octanol–water partition coefficient (Wildman–Crippen LogP) is 1.60. The van der Waals surface area contributed by atoms with Gasteiger partial charge in [-0.25, -0.2) is 4.79 Å². The van der Waals surface area contributed by atoms with Crippen molar-refractivity contribution in [2.24, 2.45) is 17.8 Å². The van der Waals surface area contributed by atoms with Gasteiger partial charge in [-0.3, -0.25) is 4.79 Å². The van der Waals surface area contributed by atoms with Crippen LogP contribution in [0.4, 0.5) is 4.79 Å². The van der Waals surface area contributed by atoms with E-state index < -0.39 is 5.97 Å². The van der Waals surface area contributed by atoms with Crippen LogP contribution in [0.1, 0.15) is 38.5 Å². The zero-order valence-electron chi connectivity index (χ0n) is 12.5. The van der Waals surface area contributed by atoms with E-state index in [0.717, 1.165) is 38.2 Å². The van der Waals surface area contributed by atoms with Crippen molar-refractivity contribution in [2.75, 3.05) is 26.3 Å². The largest absolute Gasteiger partial charge is 0.481 e. The number of carboxylic acid groups (broad SMARTS) is 1. The molecule has 0 aromatic rings. The zero-order valence-corrected chi connectivity index (χ0v) is 12.5. The maximum Gasteiger partial charge on any atom is 0.314 e. The summed E-state index contributed by atoms with van der Waals surface area (Å²) >= 11 is 0. The van der Waals surface area contributed by atoms with E-state index in [1.165, 1.54) is 12.8 Å². The molecule has 0 radical (unpaired) electrons. The topological polar surface area (TPSA) is 87.7 Å². The van der Waals surface area contributed by atoms with Gasteiger partial charge in [0.05, 0.1) is 12.5 Å². The lowest BCUT2D eigenvalue weighted by Crippen LogP contribution is -2.42. The first kappa shape index (κ1) is 16.1. The summed E-state index contributed by atoms with van der Waals surface area (Å²) in [5.74, 6) is -0.275. The van der Waals surface area contributed by atoms with Gasteiger partial charge in [0.25, 0.3) is 0 Å². The number of aliphatic carboxylic acids is 1. The Hall–Kier alpha value is -1.30. The van der Waals surface area contributed by atoms with Crippen LogP contribution in [0.5, 0.6) is 0 Å². The Kier molecular flexibility index (Phi) is 6.29. The summed E-state index contributed by atoms with van der Waals surface area (Å²) in [7, 11) is 0. The third-order valence-electron chi connectivity index (χ3n) is 4.33. The molecule has 3 N–H and O–H groups in total. The molecule has 2 atom stereocenters. The number of ether oxygens (including phenoxy) is 1. The maximum atomic E-state index is 11.6. The Bertz CT molecular complexity index is 358. The van der Waals surface area contributed by atoms with Gasteiger partial charge in [-0.15, -0.1) is 0 Å². The van der Waals surface area contributed by atoms with Crippen LogP contribution in [-0.2, 0) is 9.53 Å². The number of hydrogen-bond donors (Lipinski definition) is 3. The number of carbonyl (C=O) groups excluding carboxylic acids is 1. The summed E-state index contributed by atoms with van der Waals surface area (Å²) < 4.78 is 5.43. The maximum absolute atomic E-state index is 11.6. The van der Waals surface area contributed by atoms with Gasteiger partial charge in [-0.2, -0.15) is 0 Å². The molecule has 2 rings (SSSR count). The summed E-state index contributed by atoms with van der Waals surface area (Å²) in [5.41, 5.74) is 0. The fourth-order valence-corrected chi connectivity index (χ4v) is 2.83. The molecule has 0 heterocycles. The van der Waals surface area contributed by atoms with E-state index in [1.54, 1.807) is 0 Å². The lowest BCUT2D eigenvalue weighted by molar-refractivity contribution is -0.144. The molecule has 0 spiro atoms. The minimum Gasteiger partial charge on any atom is -0.481 e. The van der Waals surface area contributed by atoms with Gasteiger partial charge in [-0.05, 0) is 37.5 Å². The molecule has 0 aromatic carbocycles. The summed E-state index contributed by atoms with van der Waals surface area (Å²) in [6, 6.07) is -0.236. The molecule has 0 saturated heterocycles. The minimum atomic E-state index is -0.740. The number of carbonyl (C=O) groups is 2. The lowest BCUT2D eigenvalue weighted by Gasteiger charge is -2.28. The van der Waals surface area contributed by atoms with Crippen LogP contribution >= 0.6 is 0 Å². The number of nitrogens with one attached hydrogen (secondary N) is 2. The summed E-state index contributed by atoms with van der Waals surface area (Å²) in [6.45, 7) is 2.26. The van der Waals surface area contributed by atoms with Crippen LogP contribution in [0.2, 0.25) is 0 Å². The quantitative estimate of drug-likeness (QED) is 0.594. The van der Waals surface area contributed by atoms with Crippen molar-refractivity contribution in [1.29, 1.82) is 0 Å². The SMILES string of the molecule is O=C(NCCOCC1CC1)NCC1CCCCC1C(=O)O. The Labute approximate surface area is 125 Å². The Morgan fingerprint density at radius 1 is 1.10 bits per heavy atom. The van der Waals surface area contributed by atoms with Gasteiger partial charge in [0.15, 0.2) is 0 Å². The van der Waals surface area contributed by atoms with Crippen LogP contribution in [-0.4, -0.2) is 43.4 Å². The lowest BCUT2D eigenvalue weighted by atomic mass is 9.79. The molecule has 6 heteroatoms. The standard InChI is InChI=1S/C15H26N2O4/c18-14(19)13-4-2-1-3-12(13)9-17-15(20)16-7-8-21-10-11-5-6-11/h11-13H,1-10H2,(H,18,19)(H2,16,17,20). The molecule has 6 nitrogen and oxygen atoms in total. The average molecular weight is 298 g/mol. The molecule has 0 bridgehead atoms. The van der Waals surface area contributed by atoms with Crippen molar-refractivity contribution >= 4 is 12.0 Å². The van der Waals surface area contributed by atoms with E-state index in [4.69, 9.17) is 4.74 Å². The van der Waals surface area contributed by atoms with Gasteiger partial charge in [0, 0.05) is 19.7 Å². The Morgan fingerprint density at radius 3 is 2.57 bits per heavy atom. The summed E-state index contributed by atoms with van der Waals surface area (Å²) in [4.78, 5) is 22.8. The van der Waals surface area contributed by atoms with Crippen LogP contribution < -0.4 is 10.6 Å². The number of urea groups is 1. The first-order valence-corrected chi connectivity index (χ1v) is 7.99. The molecular formula is C15H26N2O4. The molecular weight excluding hydrogens is 272 g/mol. The van der Waals surface area contributed by atoms with Crippen molar-refractivity contribution < 1.29 is 19.4 Å². The van der Waals surface area contributed by atoms with Crippen molar-refractivity contribution in [1.82, 2.24) is 10.6 Å². The number of rotatable bonds is 8. The molecule has 21 heavy (non-hydrogen) atoms. The predicted molar refractivity (Wildman–Crippen MR) is 78.0 cm³/mol. The molecule has 2 aliphatic rings. The molecule has 120 valence electrons. The second-order valence-electron chi connectivity index (χ2n) is 6.14. The van der Waals surface area contributed by atoms with E-state index >= 15 is 0 Å². The van der Waals surface area contributed by atoms with Gasteiger partial charge in [0.1, 0.15) is 0 Å². The third kappa shape index (κ3) is 5.91. The number of hydrogen-bond acceptors (Lipinski definition) is 3. The van der Waals surface area contributed by atoms with Gasteiger partial charge < -0.3 is 20.5 Å². The van der Waals surface area contributed by atoms with Crippen LogP contribution in [0.25, 0.3) is 0 Å². The Morgan fingerprint density at radius 2 is 1.86 bits per heavy atom. The highest BCUT2D eigenvalue weighted by Gasteiger charge is 2.30. The molecule has 2 fully saturated rings. The van der Waals surface area contributed by atoms with Gasteiger partial charge in [0.2, 0.25) is 0 Å². The first-order chi connectivity index (χ1) is 10.2. The van der Waals surface area contributed by atoms with Crippen LogP contribution in [0.3, 0.4) is 0 Å². The average Bonchev–Trinajstić information content (AvgIpc) is 3.29. The minimum absolute atomic E-state index is 0.0492. The smallest absolute Gasteiger partial charge is 0.314 e. The van der Waals surface area contributed by atoms with Gasteiger partial charge >= 0.3 is 12.0 Å². The van der Waals surface area contributed by atoms with Crippen LogP contribution in [0.15, 0.2) is 0 Å². The molecule has 2 unspecified atom stereocenters. The fourth-order valence-electron chi connectivity index (χ4n) is 2.83. The highest BCUT2D eigenvalue weighted by atomic mass is 16.5. The van der Waals surface area contributed by atoms with Crippen molar-refractivity contribution in [3.63, 3.8) is 0 Å². The van der Waals surface area contributed by atoms with Crippen molar-refractivity contribution in [3.8, 4) is 0 Å². The second-order valence-corrected chi connectivity index (χ2v) is 6.14. The van der Waals surface area contributed by atoms with E-state index in [0.29, 0.717) is 19.7 Å². The molecule has 2 saturated carbocycles. The van der Waals surface area contributed by atoms with E-state index in [-0.39, 0.29) is 17.9 Å². The van der Waals surface area contributed by atoms with Crippen molar-refractivity contribution in [3.05, 3.63) is 0 Å². The molecule has 0 aliphatic heterocycles. The molecule has 2 aliphatic carbocycles. The van der Waals surface area contributed by atoms with E-state index in [9.17, 15) is 14.7 Å². The van der Waals surface area contributed by atoms with E-state index in [1.807, 2.05) is 0 Å². The summed E-state index contributed by atoms with van der Waals surface area (Å²) in [6.07, 6.45) is 6.14. The van der Waals surface area contributed by atoms with Crippen molar-refractivity contribution in [2.45, 2.75) is 38.5 Å². The molecule has 0 aromatic heterocycles. The van der Waals surface area contributed by atoms with Crippen LogP contribution in [0, 0.1) is 17.8 Å². The summed E-state index contributed by atoms with van der Waals surface area (Å²) in [5, 5.41) is 14.7. The van der Waals surface area contributed by atoms with E-state index in [2.05, 4.69) is 10.6 Å². The van der Waals surface area contributed by atoms with Gasteiger partial charge in [-0.1, -0.05) is 12.8 Å². The first-order valence-electron chi connectivity index (χ1n) is 7.99. The number of amides is 2.